The third-order valence-electron chi connectivity index (χ3n) is 1.96. The highest BCUT2D eigenvalue weighted by atomic mass is 35.5. The van der Waals surface area contributed by atoms with Crippen LogP contribution in [0.1, 0.15) is 24.3 Å². The Balaban J connectivity index is 2.72. The van der Waals surface area contributed by atoms with E-state index < -0.39 is 5.38 Å². The van der Waals surface area contributed by atoms with Gasteiger partial charge in [0.15, 0.2) is 0 Å². The van der Waals surface area contributed by atoms with Crippen LogP contribution in [-0.4, -0.2) is 12.5 Å². The molecular formula is C11H13Cl2NO. The monoisotopic (exact) mass is 245 g/mol. The Kier molecular flexibility index (Phi) is 4.92. The van der Waals surface area contributed by atoms with Crippen molar-refractivity contribution in [2.75, 3.05) is 6.54 Å². The number of benzene rings is 1. The van der Waals surface area contributed by atoms with Gasteiger partial charge in [-0.25, -0.2) is 0 Å². The molecule has 1 unspecified atom stereocenters. The normalized spacial score (nSPS) is 12.2. The quantitative estimate of drug-likeness (QED) is 0.812. The van der Waals surface area contributed by atoms with E-state index in [-0.39, 0.29) is 5.91 Å². The topological polar surface area (TPSA) is 29.1 Å². The van der Waals surface area contributed by atoms with Crippen molar-refractivity contribution >= 4 is 29.1 Å². The second-order valence-electron chi connectivity index (χ2n) is 3.18. The number of alkyl halides is 1. The molecule has 1 aromatic rings. The second-order valence-corrected chi connectivity index (χ2v) is 4.02. The molecule has 0 bridgehead atoms. The van der Waals surface area contributed by atoms with Crippen molar-refractivity contribution < 1.29 is 4.79 Å². The van der Waals surface area contributed by atoms with Crippen molar-refractivity contribution in [3.63, 3.8) is 0 Å². The van der Waals surface area contributed by atoms with Crippen molar-refractivity contribution in [1.29, 1.82) is 0 Å². The van der Waals surface area contributed by atoms with Crippen molar-refractivity contribution in [3.8, 4) is 0 Å². The zero-order chi connectivity index (χ0) is 11.3. The Hall–Kier alpha value is -0.730. The molecule has 1 aromatic carbocycles. The van der Waals surface area contributed by atoms with Crippen molar-refractivity contribution in [1.82, 2.24) is 5.32 Å². The first-order valence-electron chi connectivity index (χ1n) is 4.83. The Bertz CT molecular complexity index is 341. The van der Waals surface area contributed by atoms with Crippen LogP contribution < -0.4 is 5.32 Å². The van der Waals surface area contributed by atoms with Gasteiger partial charge in [-0.2, -0.15) is 0 Å². The lowest BCUT2D eigenvalue weighted by molar-refractivity contribution is -0.120. The summed E-state index contributed by atoms with van der Waals surface area (Å²) < 4.78 is 0. The van der Waals surface area contributed by atoms with Gasteiger partial charge in [-0.05, 0) is 18.1 Å². The van der Waals surface area contributed by atoms with E-state index in [1.807, 2.05) is 13.0 Å². The molecule has 1 amide bonds. The van der Waals surface area contributed by atoms with E-state index in [2.05, 4.69) is 5.32 Å². The lowest BCUT2D eigenvalue weighted by Gasteiger charge is -2.11. The van der Waals surface area contributed by atoms with Crippen LogP contribution in [0.15, 0.2) is 24.3 Å². The summed E-state index contributed by atoms with van der Waals surface area (Å²) in [4.78, 5) is 11.6. The van der Waals surface area contributed by atoms with E-state index >= 15 is 0 Å². The number of carbonyl (C=O) groups is 1. The van der Waals surface area contributed by atoms with Gasteiger partial charge in [-0.1, -0.05) is 36.7 Å². The number of hydrogen-bond acceptors (Lipinski definition) is 1. The maximum absolute atomic E-state index is 11.6. The largest absolute Gasteiger partial charge is 0.355 e. The molecule has 0 heterocycles. The highest BCUT2D eigenvalue weighted by Crippen LogP contribution is 2.27. The standard InChI is InChI=1S/C11H13Cl2NO/c1-2-7-14-11(15)10(13)8-5-3-4-6-9(8)12/h3-6,10H,2,7H2,1H3,(H,14,15). The number of hydrogen-bond donors (Lipinski definition) is 1. The highest BCUT2D eigenvalue weighted by Gasteiger charge is 2.18. The maximum atomic E-state index is 11.6. The van der Waals surface area contributed by atoms with E-state index in [9.17, 15) is 4.79 Å². The molecule has 0 spiro atoms. The van der Waals surface area contributed by atoms with E-state index in [0.29, 0.717) is 17.1 Å². The first-order chi connectivity index (χ1) is 7.16. The van der Waals surface area contributed by atoms with Gasteiger partial charge in [0.1, 0.15) is 5.38 Å². The smallest absolute Gasteiger partial charge is 0.242 e. The lowest BCUT2D eigenvalue weighted by atomic mass is 10.1. The van der Waals surface area contributed by atoms with Gasteiger partial charge in [-0.3, -0.25) is 4.79 Å². The molecule has 1 N–H and O–H groups in total. The predicted molar refractivity (Wildman–Crippen MR) is 63.3 cm³/mol. The third-order valence-corrected chi connectivity index (χ3v) is 2.74. The summed E-state index contributed by atoms with van der Waals surface area (Å²) in [5.74, 6) is -0.202. The number of amides is 1. The summed E-state index contributed by atoms with van der Waals surface area (Å²) in [6, 6.07) is 7.09. The first kappa shape index (κ1) is 12.3. The zero-order valence-electron chi connectivity index (χ0n) is 8.47. The van der Waals surface area contributed by atoms with Gasteiger partial charge >= 0.3 is 0 Å². The minimum absolute atomic E-state index is 0.202. The summed E-state index contributed by atoms with van der Waals surface area (Å²) >= 11 is 11.9. The van der Waals surface area contributed by atoms with Crippen molar-refractivity contribution in [2.24, 2.45) is 0 Å². The van der Waals surface area contributed by atoms with Crippen LogP contribution >= 0.6 is 23.2 Å². The fourth-order valence-electron chi connectivity index (χ4n) is 1.16. The van der Waals surface area contributed by atoms with Gasteiger partial charge in [0.05, 0.1) is 0 Å². The average molecular weight is 246 g/mol. The van der Waals surface area contributed by atoms with Crippen LogP contribution in [0.2, 0.25) is 5.02 Å². The van der Waals surface area contributed by atoms with Crippen LogP contribution in [0, 0.1) is 0 Å². The van der Waals surface area contributed by atoms with Crippen LogP contribution in [0.5, 0.6) is 0 Å². The average Bonchev–Trinajstić information content (AvgIpc) is 2.25. The van der Waals surface area contributed by atoms with Crippen LogP contribution in [0.25, 0.3) is 0 Å². The number of rotatable bonds is 4. The Morgan fingerprint density at radius 3 is 2.73 bits per heavy atom. The molecule has 0 radical (unpaired) electrons. The van der Waals surface area contributed by atoms with Gasteiger partial charge in [-0.15, -0.1) is 11.6 Å². The van der Waals surface area contributed by atoms with Crippen molar-refractivity contribution in [3.05, 3.63) is 34.9 Å². The Morgan fingerprint density at radius 1 is 1.47 bits per heavy atom. The van der Waals surface area contributed by atoms with Crippen LogP contribution in [0.4, 0.5) is 0 Å². The van der Waals surface area contributed by atoms with E-state index in [0.717, 1.165) is 6.42 Å². The van der Waals surface area contributed by atoms with E-state index in [1.54, 1.807) is 18.2 Å². The number of halogens is 2. The Labute approximate surface area is 99.6 Å². The number of carbonyl (C=O) groups excluding carboxylic acids is 1. The molecule has 2 nitrogen and oxygen atoms in total. The molecule has 0 saturated carbocycles. The molecule has 15 heavy (non-hydrogen) atoms. The summed E-state index contributed by atoms with van der Waals surface area (Å²) in [5, 5.41) is 2.53. The molecule has 0 fully saturated rings. The minimum Gasteiger partial charge on any atom is -0.355 e. The number of nitrogens with one attached hydrogen (secondary N) is 1. The van der Waals surface area contributed by atoms with Crippen molar-refractivity contribution in [2.45, 2.75) is 18.7 Å². The molecule has 82 valence electrons. The van der Waals surface area contributed by atoms with Gasteiger partial charge in [0.2, 0.25) is 5.91 Å². The molecule has 0 aliphatic carbocycles. The molecule has 1 rings (SSSR count). The minimum atomic E-state index is -0.717. The molecular weight excluding hydrogens is 233 g/mol. The van der Waals surface area contributed by atoms with Gasteiger partial charge in [0.25, 0.3) is 0 Å². The van der Waals surface area contributed by atoms with E-state index in [1.165, 1.54) is 0 Å². The van der Waals surface area contributed by atoms with E-state index in [4.69, 9.17) is 23.2 Å². The fourth-order valence-corrected chi connectivity index (χ4v) is 1.73. The molecule has 0 saturated heterocycles. The maximum Gasteiger partial charge on any atom is 0.242 e. The van der Waals surface area contributed by atoms with Crippen LogP contribution in [-0.2, 0) is 4.79 Å². The summed E-state index contributed by atoms with van der Waals surface area (Å²) in [5.41, 5.74) is 0.648. The zero-order valence-corrected chi connectivity index (χ0v) is 9.98. The fraction of sp³-hybridized carbons (Fsp3) is 0.364. The SMILES string of the molecule is CCCNC(=O)C(Cl)c1ccccc1Cl. The molecule has 4 heteroatoms. The lowest BCUT2D eigenvalue weighted by Crippen LogP contribution is -2.27. The molecule has 0 aromatic heterocycles. The predicted octanol–water partition coefficient (Wildman–Crippen LogP) is 3.15. The third kappa shape index (κ3) is 3.40. The second kappa shape index (κ2) is 5.99. The van der Waals surface area contributed by atoms with Gasteiger partial charge < -0.3 is 5.32 Å². The molecule has 0 aliphatic rings. The van der Waals surface area contributed by atoms with Gasteiger partial charge in [0, 0.05) is 11.6 Å². The van der Waals surface area contributed by atoms with Crippen LogP contribution in [0.3, 0.4) is 0 Å². The summed E-state index contributed by atoms with van der Waals surface area (Å²) in [6.07, 6.45) is 0.887. The Morgan fingerprint density at radius 2 is 2.13 bits per heavy atom. The summed E-state index contributed by atoms with van der Waals surface area (Å²) in [6.45, 7) is 2.62. The summed E-state index contributed by atoms with van der Waals surface area (Å²) in [7, 11) is 0. The molecule has 0 aliphatic heterocycles. The highest BCUT2D eigenvalue weighted by molar-refractivity contribution is 6.35. The first-order valence-corrected chi connectivity index (χ1v) is 5.64. The molecule has 1 atom stereocenters.